The van der Waals surface area contributed by atoms with Crippen molar-refractivity contribution in [2.75, 3.05) is 151 Å². The van der Waals surface area contributed by atoms with E-state index in [-0.39, 0.29) is 12.9 Å². The quantitative estimate of drug-likeness (QED) is 0.00884. The number of carboxylic acid groups (broad SMARTS) is 2. The number of nitrogens with one attached hydrogen (secondary N) is 7. The number of carboxylic acids is 2. The summed E-state index contributed by atoms with van der Waals surface area (Å²) in [5, 5.41) is 376. The average Bonchev–Trinajstić information content (AvgIpc) is 0.794. The van der Waals surface area contributed by atoms with Crippen molar-refractivity contribution < 1.29 is 246 Å². The molecular weight excluding hydrogens is 1730 g/mol. The topological polar surface area (TPSA) is 1010 Å². The van der Waals surface area contributed by atoms with Gasteiger partial charge in [-0.25, -0.2) is 21.3 Å². The van der Waals surface area contributed by atoms with E-state index in [2.05, 4.69) is 21.8 Å². The van der Waals surface area contributed by atoms with E-state index in [4.69, 9.17) is 24.0 Å². The standard InChI is InChI=1S/C63H130N11O49P/c75-11-34(84)49(99)55(105)40(90)17-121-65-21-63(22-66-122-18-41(91)56(106)50(100)35(85)12-76,23-67-123-19-42(92)57(107)51(101)36(86)13-77)20-64-43(93)5-33(61(111)112)73(10-45(94)95)3-1-71(27-124(116,117)118)2-4-74(26-119-28-82)44(120-29-83)9-72(25-81)24-62(6-30(68-113)46(96)58(108)52(102)37(87)14-78,7-31(69-114)47(97)59(109)53(103)38(88)15-79)8-32(70-115)48(98)60(110)54(104)39(89)16-80/h28-42,44,46-60,65-70,75-81,84-92,96-110,113-115H,1-27H2,(H,64,93)(H,94,95)(H,111,112)(H2,116,117,118). The van der Waals surface area contributed by atoms with Crippen LogP contribution in [-0.2, 0) is 52.5 Å². The first-order chi connectivity index (χ1) is 58.1. The molecule has 0 aliphatic carbocycles. The Morgan fingerprint density at radius 3 is 1.01 bits per heavy atom. The molecule has 0 aromatic carbocycles. The molecule has 0 saturated carbocycles. The molecule has 0 saturated heterocycles. The maximum atomic E-state index is 14.2. The van der Waals surface area contributed by atoms with Gasteiger partial charge in [-0.2, -0.15) is 16.4 Å². The third-order valence-electron chi connectivity index (χ3n) is 19.9. The van der Waals surface area contributed by atoms with E-state index in [9.17, 15) is 222 Å². The number of aliphatic carboxylic acids is 2. The number of nitrogens with zero attached hydrogens (tertiary/aromatic N) is 4. The van der Waals surface area contributed by atoms with E-state index in [1.165, 1.54) is 0 Å². The van der Waals surface area contributed by atoms with Crippen molar-refractivity contribution in [3.05, 3.63) is 0 Å². The van der Waals surface area contributed by atoms with Gasteiger partial charge in [-0.1, -0.05) is 0 Å². The lowest BCUT2D eigenvalue weighted by Gasteiger charge is -2.47. The lowest BCUT2D eigenvalue weighted by molar-refractivity contribution is -0.161. The predicted molar refractivity (Wildman–Crippen MR) is 398 cm³/mol. The SMILES string of the molecule is O=COCN(CCN(CCN(CC(=O)O)C(CC(=O)NCC(CNOCC(O)C(O)C(O)C(O)CO)(CNOCC(O)C(O)C(O)C(O)CO)CNOCC(O)C(O)C(O)C(O)CO)C(=O)O)CP(=O)(O)O)C(CN(CO)CC(CC(NO)C(O)C(O)C(O)C(O)CO)(CC(NO)C(O)C(O)C(O)C(O)CO)CC(NO)C(O)C(O)C(O)C(O)CO)OC=O. The van der Waals surface area contributed by atoms with Crippen LogP contribution < -0.4 is 38.2 Å². The van der Waals surface area contributed by atoms with Gasteiger partial charge in [0.15, 0.2) is 6.23 Å². The molecule has 1 amide bonds. The lowest BCUT2D eigenvalue weighted by Crippen LogP contribution is -2.60. The Morgan fingerprint density at radius 1 is 0.403 bits per heavy atom. The summed E-state index contributed by atoms with van der Waals surface area (Å²) in [5.74, 6) is -5.12. The Hall–Kier alpha value is -4.38. The predicted octanol–water partition coefficient (Wildman–Crippen LogP) is -24.7. The minimum absolute atomic E-state index is 0.211. The molecule has 29 unspecified atom stereocenters. The fourth-order valence-electron chi connectivity index (χ4n) is 12.4. The minimum atomic E-state index is -5.38. The van der Waals surface area contributed by atoms with Crippen molar-refractivity contribution in [1.82, 2.24) is 57.8 Å². The molecule has 124 heavy (non-hydrogen) atoms. The molecule has 0 radical (unpaired) electrons. The van der Waals surface area contributed by atoms with E-state index >= 15 is 0 Å². The van der Waals surface area contributed by atoms with Crippen LogP contribution in [0.1, 0.15) is 25.7 Å². The molecule has 0 bridgehead atoms. The molecule has 0 rings (SSSR count). The number of carbonyl (C=O) groups is 5. The Kier molecular flexibility index (Phi) is 59.9. The molecule has 60 nitrogen and oxygen atoms in total. The van der Waals surface area contributed by atoms with E-state index in [1.54, 1.807) is 16.4 Å². The van der Waals surface area contributed by atoms with E-state index in [0.29, 0.717) is 4.90 Å². The highest BCUT2D eigenvalue weighted by atomic mass is 31.2. The van der Waals surface area contributed by atoms with Gasteiger partial charge in [-0.15, -0.1) is 0 Å². The maximum absolute atomic E-state index is 14.2. The largest absolute Gasteiger partial charge is 0.480 e. The van der Waals surface area contributed by atoms with Gasteiger partial charge < -0.3 is 209 Å². The summed E-state index contributed by atoms with van der Waals surface area (Å²) in [6, 6.07) is -9.05. The van der Waals surface area contributed by atoms with Crippen LogP contribution in [0.3, 0.4) is 0 Å². The Labute approximate surface area is 705 Å². The number of amides is 1. The monoisotopic (exact) mass is 1860 g/mol. The van der Waals surface area contributed by atoms with Crippen molar-refractivity contribution in [2.24, 2.45) is 10.8 Å². The van der Waals surface area contributed by atoms with Gasteiger partial charge in [-0.05, 0) is 24.7 Å². The number of hydroxylamine groups is 6. The van der Waals surface area contributed by atoms with Gasteiger partial charge in [0.05, 0.1) is 104 Å². The highest BCUT2D eigenvalue weighted by Crippen LogP contribution is 2.40. The molecule has 0 aromatic heterocycles. The number of aliphatic hydroxyl groups excluding tert-OH is 31. The minimum Gasteiger partial charge on any atom is -0.480 e. The first-order valence-electron chi connectivity index (χ1n) is 37.7. The highest BCUT2D eigenvalue weighted by Gasteiger charge is 2.49. The fourth-order valence-corrected chi connectivity index (χ4v) is 13.2. The van der Waals surface area contributed by atoms with Crippen molar-refractivity contribution >= 4 is 38.4 Å². The van der Waals surface area contributed by atoms with Crippen LogP contribution in [0.15, 0.2) is 0 Å². The third kappa shape index (κ3) is 41.8. The summed E-state index contributed by atoms with van der Waals surface area (Å²) in [7, 11) is -5.38. The van der Waals surface area contributed by atoms with Crippen LogP contribution in [0, 0.1) is 10.8 Å². The number of aliphatic hydroxyl groups is 31. The van der Waals surface area contributed by atoms with Gasteiger partial charge in [0.25, 0.3) is 12.9 Å². The van der Waals surface area contributed by atoms with Gasteiger partial charge in [0, 0.05) is 64.3 Å². The molecule has 0 heterocycles. The van der Waals surface area contributed by atoms with Crippen molar-refractivity contribution in [1.29, 1.82) is 0 Å². The number of rotatable bonds is 78. The van der Waals surface area contributed by atoms with E-state index < -0.39 is 390 Å². The van der Waals surface area contributed by atoms with Gasteiger partial charge in [0.1, 0.15) is 166 Å². The molecule has 29 atom stereocenters. The Bertz CT molecular complexity index is 2730. The zero-order valence-electron chi connectivity index (χ0n) is 66.7. The molecule has 45 N–H and O–H groups in total. The molecule has 0 spiro atoms. The first kappa shape index (κ1) is 120. The molecule has 0 aliphatic rings. The van der Waals surface area contributed by atoms with Gasteiger partial charge >= 0.3 is 19.5 Å². The summed E-state index contributed by atoms with van der Waals surface area (Å²) < 4.78 is 23.2. The molecule has 61 heteroatoms. The Morgan fingerprint density at radius 2 is 0.726 bits per heavy atom. The summed E-state index contributed by atoms with van der Waals surface area (Å²) >= 11 is 0. The van der Waals surface area contributed by atoms with Crippen LogP contribution in [-0.4, -0.2) is 572 Å². The van der Waals surface area contributed by atoms with E-state index in [1.807, 2.05) is 0 Å². The summed E-state index contributed by atoms with van der Waals surface area (Å²) in [4.78, 5) is 104. The zero-order chi connectivity index (χ0) is 95.3. The molecular formula is C63H130N11O49P. The molecule has 0 fully saturated rings. The smallest absolute Gasteiger partial charge is 0.339 e. The highest BCUT2D eigenvalue weighted by molar-refractivity contribution is 7.51. The van der Waals surface area contributed by atoms with Gasteiger partial charge in [-0.3, -0.25) is 57.8 Å². The molecule has 736 valence electrons. The normalized spacial score (nSPS) is 20.7. The summed E-state index contributed by atoms with van der Waals surface area (Å²) in [5.41, 5.74) is 7.20. The third-order valence-corrected chi connectivity index (χ3v) is 20.7. The van der Waals surface area contributed by atoms with Crippen LogP contribution >= 0.6 is 7.60 Å². The number of carbonyl (C=O) groups excluding carboxylic acids is 3. The fraction of sp³-hybridized carbons (Fsp3) is 0.921. The zero-order valence-corrected chi connectivity index (χ0v) is 67.6. The molecule has 0 aromatic rings. The van der Waals surface area contributed by atoms with Crippen LogP contribution in [0.2, 0.25) is 0 Å². The second-order valence-electron chi connectivity index (χ2n) is 29.4. The second-order valence-corrected chi connectivity index (χ2v) is 31.1. The van der Waals surface area contributed by atoms with Crippen molar-refractivity contribution in [3.8, 4) is 0 Å². The summed E-state index contributed by atoms with van der Waals surface area (Å²) in [6.07, 6.45) is -63.8. The number of hydrogen-bond donors (Lipinski definition) is 45. The van der Waals surface area contributed by atoms with Crippen LogP contribution in [0.4, 0.5) is 0 Å². The van der Waals surface area contributed by atoms with Gasteiger partial charge in [0.2, 0.25) is 5.91 Å². The maximum Gasteiger partial charge on any atom is 0.339 e. The number of hydrogen-bond acceptors (Lipinski definition) is 55. The second kappa shape index (κ2) is 62.1. The average molecular weight is 1860 g/mol. The number of ether oxygens (including phenoxy) is 2. The van der Waals surface area contributed by atoms with Crippen LogP contribution in [0.25, 0.3) is 0 Å². The Balaban J connectivity index is 8.33. The van der Waals surface area contributed by atoms with E-state index in [0.717, 1.165) is 14.7 Å². The molecule has 0 aliphatic heterocycles. The summed E-state index contributed by atoms with van der Waals surface area (Å²) in [6.45, 7) is -23.1. The van der Waals surface area contributed by atoms with Crippen LogP contribution in [0.5, 0.6) is 0 Å². The van der Waals surface area contributed by atoms with Crippen molar-refractivity contribution in [3.63, 3.8) is 0 Å². The lowest BCUT2D eigenvalue weighted by atomic mass is 9.68. The first-order valence-corrected chi connectivity index (χ1v) is 39.5. The van der Waals surface area contributed by atoms with Crippen molar-refractivity contribution in [2.45, 2.75) is 203 Å².